The van der Waals surface area contributed by atoms with Crippen molar-refractivity contribution in [2.24, 2.45) is 0 Å². The molecular weight excluding hydrogens is 332 g/mol. The molecule has 0 aliphatic rings. The van der Waals surface area contributed by atoms with Crippen LogP contribution in [0.2, 0.25) is 0 Å². The summed E-state index contributed by atoms with van der Waals surface area (Å²) in [5.74, 6) is -0.595. The van der Waals surface area contributed by atoms with E-state index in [2.05, 4.69) is 0 Å². The molecular formula is C21H22O5. The lowest BCUT2D eigenvalue weighted by atomic mass is 10.0. The molecule has 26 heavy (non-hydrogen) atoms. The number of phenolic OH excluding ortho intramolecular Hbond substituents is 1. The van der Waals surface area contributed by atoms with Gasteiger partial charge in [0.05, 0.1) is 11.1 Å². The highest BCUT2D eigenvalue weighted by Crippen LogP contribution is 2.33. The van der Waals surface area contributed by atoms with E-state index in [1.807, 2.05) is 13.0 Å². The summed E-state index contributed by atoms with van der Waals surface area (Å²) in [7, 11) is 0. The molecule has 5 nitrogen and oxygen atoms in total. The van der Waals surface area contributed by atoms with E-state index >= 15 is 0 Å². The van der Waals surface area contributed by atoms with Crippen LogP contribution in [0.25, 0.3) is 6.08 Å². The molecule has 0 saturated carbocycles. The summed E-state index contributed by atoms with van der Waals surface area (Å²) in [5.41, 5.74) is 2.04. The average Bonchev–Trinajstić information content (AvgIpc) is 2.61. The van der Waals surface area contributed by atoms with Gasteiger partial charge in [-0.15, -0.1) is 0 Å². The zero-order chi connectivity index (χ0) is 19.1. The van der Waals surface area contributed by atoms with Gasteiger partial charge in [-0.1, -0.05) is 31.6 Å². The normalized spacial score (nSPS) is 10.8. The van der Waals surface area contributed by atoms with Crippen molar-refractivity contribution in [3.63, 3.8) is 0 Å². The SMILES string of the molecule is CCCc1c(OCC=Cc2ccc(C(=O)O)cc2)ccc(C(C)=O)c1O. The van der Waals surface area contributed by atoms with Gasteiger partial charge in [0.15, 0.2) is 5.78 Å². The second kappa shape index (κ2) is 8.85. The zero-order valence-electron chi connectivity index (χ0n) is 14.9. The van der Waals surface area contributed by atoms with Crippen LogP contribution in [0.4, 0.5) is 0 Å². The van der Waals surface area contributed by atoms with Gasteiger partial charge in [-0.3, -0.25) is 4.79 Å². The highest BCUT2D eigenvalue weighted by molar-refractivity contribution is 5.97. The Balaban J connectivity index is 2.07. The lowest BCUT2D eigenvalue weighted by molar-refractivity contribution is 0.0696. The van der Waals surface area contributed by atoms with Crippen LogP contribution in [0.15, 0.2) is 42.5 Å². The second-order valence-corrected chi connectivity index (χ2v) is 5.89. The minimum absolute atomic E-state index is 0.00918. The Kier molecular flexibility index (Phi) is 6.55. The van der Waals surface area contributed by atoms with E-state index in [-0.39, 0.29) is 23.7 Å². The van der Waals surface area contributed by atoms with Crippen molar-refractivity contribution in [1.29, 1.82) is 0 Å². The number of ether oxygens (including phenoxy) is 1. The Morgan fingerprint density at radius 3 is 2.38 bits per heavy atom. The number of benzene rings is 2. The van der Waals surface area contributed by atoms with Gasteiger partial charge >= 0.3 is 5.97 Å². The van der Waals surface area contributed by atoms with Gasteiger partial charge < -0.3 is 14.9 Å². The Morgan fingerprint density at radius 1 is 1.12 bits per heavy atom. The fourth-order valence-corrected chi connectivity index (χ4v) is 2.59. The van der Waals surface area contributed by atoms with Crippen LogP contribution in [0.5, 0.6) is 11.5 Å². The van der Waals surface area contributed by atoms with E-state index < -0.39 is 5.97 Å². The number of aromatic carboxylic acids is 1. The van der Waals surface area contributed by atoms with Gasteiger partial charge in [0.2, 0.25) is 0 Å². The molecule has 2 aromatic rings. The number of ketones is 1. The van der Waals surface area contributed by atoms with Crippen LogP contribution >= 0.6 is 0 Å². The van der Waals surface area contributed by atoms with Crippen molar-refractivity contribution in [3.05, 3.63) is 64.7 Å². The van der Waals surface area contributed by atoms with Gasteiger partial charge in [0, 0.05) is 5.56 Å². The first-order valence-electron chi connectivity index (χ1n) is 8.42. The molecule has 0 bridgehead atoms. The minimum atomic E-state index is -0.957. The molecule has 136 valence electrons. The molecule has 0 amide bonds. The molecule has 0 atom stereocenters. The standard InChI is InChI=1S/C21H22O5/c1-3-5-18-19(12-11-17(14(2)22)20(18)23)26-13-4-6-15-7-9-16(10-8-15)21(24)25/h4,6-12,23H,3,5,13H2,1-2H3,(H,24,25). The molecule has 5 heteroatoms. The molecule has 2 rings (SSSR count). The minimum Gasteiger partial charge on any atom is -0.507 e. The Morgan fingerprint density at radius 2 is 1.81 bits per heavy atom. The van der Waals surface area contributed by atoms with Crippen LogP contribution in [-0.2, 0) is 6.42 Å². The molecule has 0 heterocycles. The van der Waals surface area contributed by atoms with E-state index in [9.17, 15) is 14.7 Å². The van der Waals surface area contributed by atoms with E-state index in [0.717, 1.165) is 12.0 Å². The van der Waals surface area contributed by atoms with Crippen molar-refractivity contribution in [1.82, 2.24) is 0 Å². The third-order valence-corrected chi connectivity index (χ3v) is 3.92. The molecule has 0 spiro atoms. The first kappa shape index (κ1) is 19.2. The van der Waals surface area contributed by atoms with Gasteiger partial charge in [-0.25, -0.2) is 4.79 Å². The number of aromatic hydroxyl groups is 1. The predicted molar refractivity (Wildman–Crippen MR) is 100 cm³/mol. The molecule has 0 aromatic heterocycles. The van der Waals surface area contributed by atoms with Crippen molar-refractivity contribution < 1.29 is 24.5 Å². The molecule has 0 fully saturated rings. The molecule has 2 N–H and O–H groups in total. The Hall–Kier alpha value is -3.08. The number of carbonyl (C=O) groups is 2. The molecule has 0 radical (unpaired) electrons. The number of rotatable bonds is 8. The Bertz CT molecular complexity index is 819. The summed E-state index contributed by atoms with van der Waals surface area (Å²) in [6.07, 6.45) is 5.07. The third kappa shape index (κ3) is 4.72. The molecule has 0 aliphatic heterocycles. The second-order valence-electron chi connectivity index (χ2n) is 5.89. The number of carboxylic acid groups (broad SMARTS) is 1. The highest BCUT2D eigenvalue weighted by atomic mass is 16.5. The van der Waals surface area contributed by atoms with Crippen LogP contribution < -0.4 is 4.74 Å². The highest BCUT2D eigenvalue weighted by Gasteiger charge is 2.15. The summed E-state index contributed by atoms with van der Waals surface area (Å²) in [6.45, 7) is 3.70. The van der Waals surface area contributed by atoms with Gasteiger partial charge in [0.1, 0.15) is 18.1 Å². The number of Topliss-reactive ketones (excluding diaryl/α,β-unsaturated/α-hetero) is 1. The average molecular weight is 354 g/mol. The van der Waals surface area contributed by atoms with E-state index in [0.29, 0.717) is 23.3 Å². The maximum Gasteiger partial charge on any atom is 0.335 e. The van der Waals surface area contributed by atoms with Crippen LogP contribution in [0.1, 0.15) is 52.1 Å². The van der Waals surface area contributed by atoms with E-state index in [1.165, 1.54) is 6.92 Å². The van der Waals surface area contributed by atoms with Gasteiger partial charge in [-0.05, 0) is 49.2 Å². The summed E-state index contributed by atoms with van der Waals surface area (Å²) in [4.78, 5) is 22.4. The van der Waals surface area contributed by atoms with Crippen molar-refractivity contribution in [3.8, 4) is 11.5 Å². The number of hydrogen-bond donors (Lipinski definition) is 2. The van der Waals surface area contributed by atoms with E-state index in [4.69, 9.17) is 9.84 Å². The quantitative estimate of drug-likeness (QED) is 0.689. The fourth-order valence-electron chi connectivity index (χ4n) is 2.59. The predicted octanol–water partition coefficient (Wildman–Crippen LogP) is 4.34. The zero-order valence-corrected chi connectivity index (χ0v) is 14.9. The topological polar surface area (TPSA) is 83.8 Å². The Labute approximate surface area is 152 Å². The number of hydrogen-bond acceptors (Lipinski definition) is 4. The van der Waals surface area contributed by atoms with Gasteiger partial charge in [-0.2, -0.15) is 0 Å². The number of carbonyl (C=O) groups excluding carboxylic acids is 1. The first-order valence-corrected chi connectivity index (χ1v) is 8.42. The molecule has 0 unspecified atom stereocenters. The van der Waals surface area contributed by atoms with Crippen molar-refractivity contribution in [2.75, 3.05) is 6.61 Å². The van der Waals surface area contributed by atoms with Crippen LogP contribution in [0.3, 0.4) is 0 Å². The third-order valence-electron chi connectivity index (χ3n) is 3.92. The number of phenols is 1. The lowest BCUT2D eigenvalue weighted by Gasteiger charge is -2.13. The maximum atomic E-state index is 11.6. The number of carboxylic acids is 1. The fraction of sp³-hybridized carbons (Fsp3) is 0.238. The maximum absolute atomic E-state index is 11.6. The summed E-state index contributed by atoms with van der Waals surface area (Å²) in [5, 5.41) is 19.2. The molecule has 2 aromatic carbocycles. The molecule has 0 saturated heterocycles. The summed E-state index contributed by atoms with van der Waals surface area (Å²) < 4.78 is 5.74. The summed E-state index contributed by atoms with van der Waals surface area (Å²) >= 11 is 0. The largest absolute Gasteiger partial charge is 0.507 e. The monoisotopic (exact) mass is 354 g/mol. The first-order chi connectivity index (χ1) is 12.4. The van der Waals surface area contributed by atoms with Crippen LogP contribution in [-0.4, -0.2) is 28.6 Å². The lowest BCUT2D eigenvalue weighted by Crippen LogP contribution is -2.02. The van der Waals surface area contributed by atoms with Crippen LogP contribution in [0, 0.1) is 0 Å². The van der Waals surface area contributed by atoms with Crippen molar-refractivity contribution in [2.45, 2.75) is 26.7 Å². The smallest absolute Gasteiger partial charge is 0.335 e. The van der Waals surface area contributed by atoms with Crippen molar-refractivity contribution >= 4 is 17.8 Å². The summed E-state index contributed by atoms with van der Waals surface area (Å²) in [6, 6.07) is 9.80. The van der Waals surface area contributed by atoms with Gasteiger partial charge in [0.25, 0.3) is 0 Å². The molecule has 0 aliphatic carbocycles. The van der Waals surface area contributed by atoms with E-state index in [1.54, 1.807) is 42.5 Å².